The first-order chi connectivity index (χ1) is 14.5. The Bertz CT molecular complexity index is 1160. The lowest BCUT2D eigenvalue weighted by Crippen LogP contribution is -2.12. The van der Waals surface area contributed by atoms with Gasteiger partial charge in [0.1, 0.15) is 30.3 Å². The van der Waals surface area contributed by atoms with Gasteiger partial charge in [0.2, 0.25) is 5.95 Å². The van der Waals surface area contributed by atoms with Gasteiger partial charge in [-0.15, -0.1) is 5.10 Å². The molecule has 0 fully saturated rings. The van der Waals surface area contributed by atoms with Crippen molar-refractivity contribution < 1.29 is 18.3 Å². The Labute approximate surface area is 179 Å². The molecule has 9 heteroatoms. The van der Waals surface area contributed by atoms with Gasteiger partial charge in [0.05, 0.1) is 6.54 Å². The number of nitrogens with one attached hydrogen (secondary N) is 1. The monoisotopic (exact) mass is 470 g/mol. The number of halogens is 2. The van der Waals surface area contributed by atoms with E-state index in [0.717, 1.165) is 10.0 Å². The third-order valence-corrected chi connectivity index (χ3v) is 4.60. The number of aromatic nitrogens is 3. The molecule has 2 aromatic carbocycles. The number of anilines is 1. The summed E-state index contributed by atoms with van der Waals surface area (Å²) in [6, 6.07) is 16.8. The van der Waals surface area contributed by atoms with Crippen molar-refractivity contribution in [3.05, 3.63) is 94.4 Å². The lowest BCUT2D eigenvalue weighted by molar-refractivity contribution is 0.0991. The van der Waals surface area contributed by atoms with E-state index in [9.17, 15) is 9.18 Å². The van der Waals surface area contributed by atoms with Crippen LogP contribution in [0.4, 0.5) is 10.3 Å². The number of furan rings is 1. The average Bonchev–Trinajstić information content (AvgIpc) is 3.37. The van der Waals surface area contributed by atoms with Gasteiger partial charge in [-0.05, 0) is 54.1 Å². The molecule has 0 bridgehead atoms. The van der Waals surface area contributed by atoms with E-state index in [1.807, 2.05) is 24.3 Å². The summed E-state index contributed by atoms with van der Waals surface area (Å²) in [5.41, 5.74) is 0.735. The minimum Gasteiger partial charge on any atom is -0.486 e. The quantitative estimate of drug-likeness (QED) is 0.424. The highest BCUT2D eigenvalue weighted by atomic mass is 79.9. The van der Waals surface area contributed by atoms with Gasteiger partial charge in [-0.1, -0.05) is 28.1 Å². The van der Waals surface area contributed by atoms with Crippen LogP contribution in [0.1, 0.15) is 21.9 Å². The zero-order chi connectivity index (χ0) is 20.9. The zero-order valence-electron chi connectivity index (χ0n) is 15.6. The third-order valence-electron chi connectivity index (χ3n) is 4.08. The highest BCUT2D eigenvalue weighted by Crippen LogP contribution is 2.18. The highest BCUT2D eigenvalue weighted by Gasteiger charge is 2.14. The van der Waals surface area contributed by atoms with E-state index < -0.39 is 5.91 Å². The molecule has 7 nitrogen and oxygen atoms in total. The molecule has 0 unspecified atom stereocenters. The summed E-state index contributed by atoms with van der Waals surface area (Å²) in [6.45, 7) is 0.522. The van der Waals surface area contributed by atoms with Crippen LogP contribution in [0.2, 0.25) is 0 Å². The van der Waals surface area contributed by atoms with Gasteiger partial charge >= 0.3 is 0 Å². The largest absolute Gasteiger partial charge is 0.486 e. The second-order valence-corrected chi connectivity index (χ2v) is 7.27. The summed E-state index contributed by atoms with van der Waals surface area (Å²) >= 11 is 3.36. The van der Waals surface area contributed by atoms with Crippen LogP contribution >= 0.6 is 15.9 Å². The van der Waals surface area contributed by atoms with Gasteiger partial charge in [0.15, 0.2) is 5.76 Å². The molecule has 1 amide bonds. The number of ether oxygens (including phenoxy) is 1. The van der Waals surface area contributed by atoms with E-state index in [1.54, 1.807) is 24.3 Å². The Kier molecular flexibility index (Phi) is 5.89. The first kappa shape index (κ1) is 19.8. The Morgan fingerprint density at radius 3 is 2.80 bits per heavy atom. The Hall–Kier alpha value is -3.46. The lowest BCUT2D eigenvalue weighted by atomic mass is 10.2. The number of hydrogen-bond donors (Lipinski definition) is 1. The highest BCUT2D eigenvalue weighted by molar-refractivity contribution is 9.10. The first-order valence-electron chi connectivity index (χ1n) is 8.97. The molecule has 1 N–H and O–H groups in total. The molecular formula is C21H16BrFN4O3. The van der Waals surface area contributed by atoms with E-state index in [2.05, 4.69) is 31.3 Å². The predicted molar refractivity (Wildman–Crippen MR) is 111 cm³/mol. The van der Waals surface area contributed by atoms with Crippen LogP contribution in [0.15, 0.2) is 75.9 Å². The number of carbonyl (C=O) groups is 1. The third kappa shape index (κ3) is 5.12. The molecule has 4 rings (SSSR count). The topological polar surface area (TPSA) is 82.2 Å². The van der Waals surface area contributed by atoms with Crippen molar-refractivity contribution in [1.29, 1.82) is 0 Å². The van der Waals surface area contributed by atoms with Gasteiger partial charge in [-0.2, -0.15) is 0 Å². The van der Waals surface area contributed by atoms with Crippen molar-refractivity contribution in [1.82, 2.24) is 14.8 Å². The molecule has 0 aliphatic rings. The number of carbonyl (C=O) groups excluding carboxylic acids is 1. The molecule has 2 heterocycles. The summed E-state index contributed by atoms with van der Waals surface area (Å²) < 4.78 is 26.9. The molecule has 0 radical (unpaired) electrons. The normalized spacial score (nSPS) is 10.7. The standard InChI is InChI=1S/C21H16BrFN4O3/c22-15-4-6-17(7-5-15)29-12-18-8-9-19(30-18)20(28)25-21-24-13-27(26-21)11-14-2-1-3-16(23)10-14/h1-10,13H,11-12H2,(H,25,26,28). The molecule has 0 aliphatic heterocycles. The van der Waals surface area contributed by atoms with Gasteiger partial charge in [0, 0.05) is 4.47 Å². The maximum atomic E-state index is 13.3. The van der Waals surface area contributed by atoms with Crippen LogP contribution in [-0.4, -0.2) is 20.7 Å². The van der Waals surface area contributed by atoms with Crippen LogP contribution in [0.5, 0.6) is 5.75 Å². The molecule has 0 aliphatic carbocycles. The molecule has 4 aromatic rings. The van der Waals surface area contributed by atoms with Crippen molar-refractivity contribution in [3.63, 3.8) is 0 Å². The zero-order valence-corrected chi connectivity index (χ0v) is 17.2. The number of amides is 1. The van der Waals surface area contributed by atoms with Crippen LogP contribution in [0.3, 0.4) is 0 Å². The van der Waals surface area contributed by atoms with Crippen molar-refractivity contribution in [2.75, 3.05) is 5.32 Å². The number of benzene rings is 2. The van der Waals surface area contributed by atoms with Crippen molar-refractivity contribution in [2.24, 2.45) is 0 Å². The SMILES string of the molecule is O=C(Nc1ncn(Cc2cccc(F)c2)n1)c1ccc(COc2ccc(Br)cc2)o1. The van der Waals surface area contributed by atoms with Gasteiger partial charge in [-0.3, -0.25) is 10.1 Å². The molecule has 152 valence electrons. The minimum atomic E-state index is -0.478. The fourth-order valence-corrected chi connectivity index (χ4v) is 2.94. The summed E-state index contributed by atoms with van der Waals surface area (Å²) in [6.07, 6.45) is 1.46. The van der Waals surface area contributed by atoms with Crippen LogP contribution in [0.25, 0.3) is 0 Å². The molecule has 0 saturated heterocycles. The van der Waals surface area contributed by atoms with Gasteiger partial charge in [0.25, 0.3) is 5.91 Å². The molecule has 2 aromatic heterocycles. The first-order valence-corrected chi connectivity index (χ1v) is 9.77. The number of hydrogen-bond acceptors (Lipinski definition) is 5. The van der Waals surface area contributed by atoms with E-state index >= 15 is 0 Å². The van der Waals surface area contributed by atoms with Crippen LogP contribution < -0.4 is 10.1 Å². The Morgan fingerprint density at radius 1 is 1.17 bits per heavy atom. The Morgan fingerprint density at radius 2 is 2.00 bits per heavy atom. The van der Waals surface area contributed by atoms with E-state index in [0.29, 0.717) is 18.1 Å². The summed E-state index contributed by atoms with van der Waals surface area (Å²) in [7, 11) is 0. The molecule has 0 saturated carbocycles. The van der Waals surface area contributed by atoms with E-state index in [-0.39, 0.29) is 24.1 Å². The van der Waals surface area contributed by atoms with Crippen molar-refractivity contribution in [3.8, 4) is 5.75 Å². The fourth-order valence-electron chi connectivity index (χ4n) is 2.68. The van der Waals surface area contributed by atoms with Crippen molar-refractivity contribution >= 4 is 27.8 Å². The van der Waals surface area contributed by atoms with E-state index in [1.165, 1.54) is 23.1 Å². The second-order valence-electron chi connectivity index (χ2n) is 6.36. The maximum absolute atomic E-state index is 13.3. The van der Waals surface area contributed by atoms with Crippen LogP contribution in [0, 0.1) is 5.82 Å². The summed E-state index contributed by atoms with van der Waals surface area (Å²) in [5.74, 6) is 0.639. The second kappa shape index (κ2) is 8.91. The minimum absolute atomic E-state index is 0.117. The fraction of sp³-hybridized carbons (Fsp3) is 0.0952. The maximum Gasteiger partial charge on any atom is 0.293 e. The smallest absolute Gasteiger partial charge is 0.293 e. The van der Waals surface area contributed by atoms with E-state index in [4.69, 9.17) is 9.15 Å². The molecule has 30 heavy (non-hydrogen) atoms. The molecule has 0 spiro atoms. The van der Waals surface area contributed by atoms with Crippen molar-refractivity contribution in [2.45, 2.75) is 13.2 Å². The molecular weight excluding hydrogens is 455 g/mol. The van der Waals surface area contributed by atoms with Gasteiger partial charge < -0.3 is 9.15 Å². The van der Waals surface area contributed by atoms with Crippen LogP contribution in [-0.2, 0) is 13.2 Å². The molecule has 0 atom stereocenters. The average molecular weight is 471 g/mol. The summed E-state index contributed by atoms with van der Waals surface area (Å²) in [4.78, 5) is 16.4. The lowest BCUT2D eigenvalue weighted by Gasteiger charge is -2.04. The number of rotatable bonds is 7. The number of nitrogens with zero attached hydrogens (tertiary/aromatic N) is 3. The predicted octanol–water partition coefficient (Wildman–Crippen LogP) is 4.65. The summed E-state index contributed by atoms with van der Waals surface area (Å²) in [5, 5.41) is 6.74. The van der Waals surface area contributed by atoms with Gasteiger partial charge in [-0.25, -0.2) is 14.1 Å². The Balaban J connectivity index is 1.33.